The number of hydrazine groups is 1. The van der Waals surface area contributed by atoms with Gasteiger partial charge in [0.05, 0.1) is 6.04 Å². The SMILES string of the molecule is CC(C)C[C@H](NC(=O)OCc1ccccc1)c1nc(C(=O)NN2CC[C@@](CC(C)C)(NC(=O)OCc3ccccc3)C2=O)cs1. The van der Waals surface area contributed by atoms with Crippen molar-refractivity contribution in [2.24, 2.45) is 11.8 Å². The molecule has 12 heteroatoms. The molecule has 3 N–H and O–H groups in total. The number of alkyl carbamates (subject to hydrolysis) is 2. The predicted molar refractivity (Wildman–Crippen MR) is 170 cm³/mol. The number of nitrogens with zero attached hydrogens (tertiary/aromatic N) is 2. The van der Waals surface area contributed by atoms with Gasteiger partial charge in [-0.05, 0) is 42.2 Å². The molecule has 1 aliphatic heterocycles. The first-order chi connectivity index (χ1) is 21.5. The van der Waals surface area contributed by atoms with E-state index in [1.807, 2.05) is 88.4 Å². The molecule has 2 aromatic carbocycles. The van der Waals surface area contributed by atoms with E-state index in [0.717, 1.165) is 11.1 Å². The van der Waals surface area contributed by atoms with E-state index < -0.39 is 35.6 Å². The van der Waals surface area contributed by atoms with Crippen LogP contribution in [0.4, 0.5) is 9.59 Å². The zero-order valence-corrected chi connectivity index (χ0v) is 26.9. The van der Waals surface area contributed by atoms with Crippen molar-refractivity contribution in [1.82, 2.24) is 26.1 Å². The Morgan fingerprint density at radius 1 is 0.911 bits per heavy atom. The van der Waals surface area contributed by atoms with Gasteiger partial charge < -0.3 is 20.1 Å². The standard InChI is InChI=1S/C33H41N5O6S/c1-22(2)17-26(35-31(41)43-19-24-11-7-5-8-12-24)29-34-27(21-45-29)28(39)37-38-16-15-33(30(38)40,18-23(3)4)36-32(42)44-20-25-13-9-6-10-14-25/h5-14,21-23,26H,15-20H2,1-4H3,(H,35,41)(H,36,42)(H,37,39)/t26-,33-/m0/s1. The van der Waals surface area contributed by atoms with Crippen LogP contribution >= 0.6 is 11.3 Å². The van der Waals surface area contributed by atoms with Gasteiger partial charge in [-0.3, -0.25) is 20.0 Å². The van der Waals surface area contributed by atoms with Crippen LogP contribution in [0.3, 0.4) is 0 Å². The maximum absolute atomic E-state index is 13.6. The van der Waals surface area contributed by atoms with Crippen molar-refractivity contribution in [2.45, 2.75) is 71.8 Å². The molecule has 1 saturated heterocycles. The van der Waals surface area contributed by atoms with E-state index in [1.165, 1.54) is 16.3 Å². The molecule has 2 atom stereocenters. The molecule has 0 aliphatic carbocycles. The van der Waals surface area contributed by atoms with Crippen molar-refractivity contribution >= 4 is 35.3 Å². The smallest absolute Gasteiger partial charge is 0.408 e. The quantitative estimate of drug-likeness (QED) is 0.218. The lowest BCUT2D eigenvalue weighted by Crippen LogP contribution is -2.57. The Balaban J connectivity index is 1.37. The van der Waals surface area contributed by atoms with Gasteiger partial charge >= 0.3 is 12.2 Å². The molecular weight excluding hydrogens is 594 g/mol. The highest BCUT2D eigenvalue weighted by Gasteiger charge is 2.49. The minimum Gasteiger partial charge on any atom is -0.445 e. The number of aromatic nitrogens is 1. The molecule has 3 aromatic rings. The zero-order valence-electron chi connectivity index (χ0n) is 26.1. The average Bonchev–Trinajstić information content (AvgIpc) is 3.61. The highest BCUT2D eigenvalue weighted by atomic mass is 32.1. The summed E-state index contributed by atoms with van der Waals surface area (Å²) in [5.74, 6) is -0.663. The lowest BCUT2D eigenvalue weighted by Gasteiger charge is -2.30. The lowest BCUT2D eigenvalue weighted by atomic mass is 9.87. The molecule has 0 spiro atoms. The number of hydrogen-bond acceptors (Lipinski definition) is 8. The van der Waals surface area contributed by atoms with Crippen LogP contribution in [-0.2, 0) is 27.5 Å². The first kappa shape index (κ1) is 33.4. The fraction of sp³-hybridized carbons (Fsp3) is 0.424. The van der Waals surface area contributed by atoms with Crippen LogP contribution < -0.4 is 16.1 Å². The van der Waals surface area contributed by atoms with E-state index in [-0.39, 0.29) is 37.3 Å². The van der Waals surface area contributed by atoms with Crippen LogP contribution in [0.15, 0.2) is 66.0 Å². The Hall–Kier alpha value is -4.45. The molecule has 1 aromatic heterocycles. The molecule has 1 fully saturated rings. The van der Waals surface area contributed by atoms with Gasteiger partial charge in [0.25, 0.3) is 11.8 Å². The van der Waals surface area contributed by atoms with Gasteiger partial charge in [-0.25, -0.2) is 14.6 Å². The molecule has 0 unspecified atom stereocenters. The highest BCUT2D eigenvalue weighted by Crippen LogP contribution is 2.30. The summed E-state index contributed by atoms with van der Waals surface area (Å²) in [5.41, 5.74) is 3.26. The number of carbonyl (C=O) groups is 4. The van der Waals surface area contributed by atoms with Crippen molar-refractivity contribution in [1.29, 1.82) is 0 Å². The summed E-state index contributed by atoms with van der Waals surface area (Å²) in [6, 6.07) is 18.2. The third kappa shape index (κ3) is 9.52. The monoisotopic (exact) mass is 635 g/mol. The maximum Gasteiger partial charge on any atom is 0.408 e. The van der Waals surface area contributed by atoms with Crippen molar-refractivity contribution < 1.29 is 28.7 Å². The number of thiazole rings is 1. The number of hydrogen-bond donors (Lipinski definition) is 3. The van der Waals surface area contributed by atoms with E-state index >= 15 is 0 Å². The Kier molecular flexibility index (Phi) is 11.5. The van der Waals surface area contributed by atoms with Gasteiger partial charge in [0.2, 0.25) is 0 Å². The summed E-state index contributed by atoms with van der Waals surface area (Å²) in [5, 5.41) is 9.04. The molecule has 0 radical (unpaired) electrons. The second kappa shape index (κ2) is 15.5. The Morgan fingerprint density at radius 3 is 2.09 bits per heavy atom. The first-order valence-corrected chi connectivity index (χ1v) is 16.0. The number of benzene rings is 2. The summed E-state index contributed by atoms with van der Waals surface area (Å²) in [6.07, 6.45) is -0.00885. The van der Waals surface area contributed by atoms with E-state index in [2.05, 4.69) is 21.0 Å². The number of nitrogens with one attached hydrogen (secondary N) is 3. The fourth-order valence-corrected chi connectivity index (χ4v) is 6.08. The summed E-state index contributed by atoms with van der Waals surface area (Å²) in [6.45, 7) is 8.39. The number of carbonyl (C=O) groups excluding carboxylic acids is 4. The summed E-state index contributed by atoms with van der Waals surface area (Å²) in [4.78, 5) is 56.7. The largest absolute Gasteiger partial charge is 0.445 e. The van der Waals surface area contributed by atoms with Crippen molar-refractivity contribution in [3.8, 4) is 0 Å². The number of ether oxygens (including phenoxy) is 2. The van der Waals surface area contributed by atoms with Crippen LogP contribution in [0.5, 0.6) is 0 Å². The molecular formula is C33H41N5O6S. The van der Waals surface area contributed by atoms with Crippen LogP contribution in [0.2, 0.25) is 0 Å². The van der Waals surface area contributed by atoms with E-state index in [9.17, 15) is 19.2 Å². The number of rotatable bonds is 13. The minimum atomic E-state index is -1.21. The van der Waals surface area contributed by atoms with Crippen molar-refractivity contribution in [3.05, 3.63) is 87.9 Å². The zero-order chi connectivity index (χ0) is 32.4. The van der Waals surface area contributed by atoms with Gasteiger partial charge in [-0.15, -0.1) is 11.3 Å². The Bertz CT molecular complexity index is 1450. The third-order valence-electron chi connectivity index (χ3n) is 7.23. The maximum atomic E-state index is 13.6. The second-order valence-electron chi connectivity index (χ2n) is 12.0. The van der Waals surface area contributed by atoms with Gasteiger partial charge in [0.15, 0.2) is 0 Å². The van der Waals surface area contributed by atoms with E-state index in [4.69, 9.17) is 9.47 Å². The summed E-state index contributed by atoms with van der Waals surface area (Å²) >= 11 is 1.24. The topological polar surface area (TPSA) is 139 Å². The van der Waals surface area contributed by atoms with E-state index in [0.29, 0.717) is 24.3 Å². The van der Waals surface area contributed by atoms with Crippen LogP contribution in [0.1, 0.15) is 79.6 Å². The third-order valence-corrected chi connectivity index (χ3v) is 8.19. The predicted octanol–water partition coefficient (Wildman–Crippen LogP) is 5.75. The minimum absolute atomic E-state index is 0.0721. The molecule has 11 nitrogen and oxygen atoms in total. The van der Waals surface area contributed by atoms with Crippen molar-refractivity contribution in [2.75, 3.05) is 6.54 Å². The van der Waals surface area contributed by atoms with Gasteiger partial charge in [-0.2, -0.15) is 0 Å². The molecule has 240 valence electrons. The molecule has 2 heterocycles. The molecule has 0 saturated carbocycles. The van der Waals surface area contributed by atoms with Gasteiger partial charge in [-0.1, -0.05) is 88.4 Å². The Labute approximate surface area is 267 Å². The van der Waals surface area contributed by atoms with Crippen molar-refractivity contribution in [3.63, 3.8) is 0 Å². The highest BCUT2D eigenvalue weighted by molar-refractivity contribution is 7.09. The molecule has 4 rings (SSSR count). The van der Waals surface area contributed by atoms with Crippen LogP contribution in [0, 0.1) is 11.8 Å². The molecule has 45 heavy (non-hydrogen) atoms. The lowest BCUT2D eigenvalue weighted by molar-refractivity contribution is -0.135. The summed E-state index contributed by atoms with van der Waals surface area (Å²) < 4.78 is 10.8. The second-order valence-corrected chi connectivity index (χ2v) is 12.9. The molecule has 1 aliphatic rings. The van der Waals surface area contributed by atoms with Gasteiger partial charge in [0, 0.05) is 11.9 Å². The first-order valence-electron chi connectivity index (χ1n) is 15.1. The Morgan fingerprint density at radius 2 is 1.51 bits per heavy atom. The normalized spacial score (nSPS) is 16.8. The van der Waals surface area contributed by atoms with Crippen LogP contribution in [0.25, 0.3) is 0 Å². The molecule has 4 amide bonds. The summed E-state index contributed by atoms with van der Waals surface area (Å²) in [7, 11) is 0. The fourth-order valence-electron chi connectivity index (χ4n) is 5.22. The average molecular weight is 636 g/mol. The number of amides is 4. The van der Waals surface area contributed by atoms with E-state index in [1.54, 1.807) is 5.38 Å². The van der Waals surface area contributed by atoms with Crippen LogP contribution in [-0.4, -0.2) is 46.1 Å². The van der Waals surface area contributed by atoms with Gasteiger partial charge in [0.1, 0.15) is 29.5 Å². The molecule has 0 bridgehead atoms.